The van der Waals surface area contributed by atoms with E-state index in [9.17, 15) is 0 Å². The van der Waals surface area contributed by atoms with Gasteiger partial charge < -0.3 is 9.64 Å². The summed E-state index contributed by atoms with van der Waals surface area (Å²) in [5, 5.41) is 0. The summed E-state index contributed by atoms with van der Waals surface area (Å²) in [7, 11) is 2.05. The Bertz CT molecular complexity index is 251. The maximum absolute atomic E-state index is 5.78. The molecule has 1 saturated heterocycles. The van der Waals surface area contributed by atoms with Crippen LogP contribution < -0.4 is 0 Å². The van der Waals surface area contributed by atoms with Gasteiger partial charge in [0.1, 0.15) is 0 Å². The topological polar surface area (TPSA) is 15.7 Å². The van der Waals surface area contributed by atoms with Crippen molar-refractivity contribution < 1.29 is 4.74 Å². The summed E-state index contributed by atoms with van der Waals surface area (Å²) < 4.78 is 5.78. The van der Waals surface area contributed by atoms with E-state index in [1.165, 1.54) is 19.4 Å². The van der Waals surface area contributed by atoms with Crippen LogP contribution in [-0.2, 0) is 4.74 Å². The highest BCUT2D eigenvalue weighted by molar-refractivity contribution is 4.77. The molecule has 0 aromatic rings. The first-order chi connectivity index (χ1) is 9.85. The molecule has 1 heterocycles. The van der Waals surface area contributed by atoms with Crippen LogP contribution in [-0.4, -0.2) is 55.7 Å². The van der Waals surface area contributed by atoms with E-state index in [2.05, 4.69) is 51.0 Å². The van der Waals surface area contributed by atoms with Crippen LogP contribution in [0.15, 0.2) is 12.8 Å². The minimum atomic E-state index is 0.339. The SMILES string of the molecule is C=CN(C)CC1CN(CCCC(C)C)CCO1.CC(C)C. The van der Waals surface area contributed by atoms with Crippen LogP contribution in [0.4, 0.5) is 0 Å². The summed E-state index contributed by atoms with van der Waals surface area (Å²) in [6.45, 7) is 20.1. The van der Waals surface area contributed by atoms with E-state index in [0.717, 1.165) is 38.1 Å². The maximum atomic E-state index is 5.78. The molecule has 1 fully saturated rings. The summed E-state index contributed by atoms with van der Waals surface area (Å²) >= 11 is 0. The summed E-state index contributed by atoms with van der Waals surface area (Å²) in [6.07, 6.45) is 4.84. The highest BCUT2D eigenvalue weighted by Crippen LogP contribution is 2.10. The standard InChI is InChI=1S/C14H28N2O.C4H10/c1-5-15(4)11-14-12-16(9-10-17-14)8-6-7-13(2)3;1-4(2)3/h5,13-14H,1,6-12H2,2-4H3;4H,1-3H3. The minimum Gasteiger partial charge on any atom is -0.378 e. The number of likely N-dealkylation sites (N-methyl/N-ethyl adjacent to an activating group) is 1. The van der Waals surface area contributed by atoms with Crippen molar-refractivity contribution in [2.45, 2.75) is 53.6 Å². The molecular weight excluding hydrogens is 260 g/mol. The lowest BCUT2D eigenvalue weighted by molar-refractivity contribution is -0.0366. The largest absolute Gasteiger partial charge is 0.378 e. The first-order valence-corrected chi connectivity index (χ1v) is 8.51. The molecule has 0 saturated carbocycles. The van der Waals surface area contributed by atoms with Crippen molar-refractivity contribution in [1.29, 1.82) is 0 Å². The van der Waals surface area contributed by atoms with Gasteiger partial charge in [0.2, 0.25) is 0 Å². The monoisotopic (exact) mass is 298 g/mol. The zero-order valence-electron chi connectivity index (χ0n) is 15.3. The molecule has 1 rings (SSSR count). The van der Waals surface area contributed by atoms with Crippen LogP contribution in [0, 0.1) is 11.8 Å². The highest BCUT2D eigenvalue weighted by Gasteiger charge is 2.20. The van der Waals surface area contributed by atoms with E-state index in [-0.39, 0.29) is 0 Å². The number of nitrogens with zero attached hydrogens (tertiary/aromatic N) is 2. The van der Waals surface area contributed by atoms with Crippen molar-refractivity contribution in [3.05, 3.63) is 12.8 Å². The van der Waals surface area contributed by atoms with Crippen LogP contribution in [0.1, 0.15) is 47.5 Å². The summed E-state index contributed by atoms with van der Waals surface area (Å²) in [5.74, 6) is 1.65. The van der Waals surface area contributed by atoms with Gasteiger partial charge in [0, 0.05) is 26.7 Å². The third-order valence-electron chi connectivity index (χ3n) is 3.28. The first-order valence-electron chi connectivity index (χ1n) is 8.51. The number of rotatable bonds is 7. The Balaban J connectivity index is 0.000000885. The van der Waals surface area contributed by atoms with Gasteiger partial charge in [0.15, 0.2) is 0 Å². The normalized spacial score (nSPS) is 19.3. The second kappa shape index (κ2) is 12.0. The second-order valence-electron chi connectivity index (χ2n) is 7.18. The Morgan fingerprint density at radius 3 is 2.43 bits per heavy atom. The molecule has 0 aromatic carbocycles. The molecule has 1 aliphatic heterocycles. The average molecular weight is 299 g/mol. The molecule has 0 N–H and O–H groups in total. The van der Waals surface area contributed by atoms with Gasteiger partial charge >= 0.3 is 0 Å². The molecule has 1 aliphatic rings. The zero-order chi connectivity index (χ0) is 16.3. The van der Waals surface area contributed by atoms with Crippen LogP contribution >= 0.6 is 0 Å². The highest BCUT2D eigenvalue weighted by atomic mass is 16.5. The van der Waals surface area contributed by atoms with Crippen molar-refractivity contribution in [3.8, 4) is 0 Å². The van der Waals surface area contributed by atoms with Gasteiger partial charge in [0.05, 0.1) is 12.7 Å². The molecule has 21 heavy (non-hydrogen) atoms. The fourth-order valence-electron chi connectivity index (χ4n) is 2.21. The minimum absolute atomic E-state index is 0.339. The smallest absolute Gasteiger partial charge is 0.0876 e. The molecular formula is C18H38N2O. The van der Waals surface area contributed by atoms with Crippen LogP contribution in [0.3, 0.4) is 0 Å². The molecule has 3 nitrogen and oxygen atoms in total. The van der Waals surface area contributed by atoms with Gasteiger partial charge in [-0.05, 0) is 37.4 Å². The predicted molar refractivity (Wildman–Crippen MR) is 93.6 cm³/mol. The summed E-state index contributed by atoms with van der Waals surface area (Å²) in [4.78, 5) is 4.63. The third-order valence-corrected chi connectivity index (χ3v) is 3.28. The Kier molecular flexibility index (Phi) is 11.7. The number of morpholine rings is 1. The second-order valence-corrected chi connectivity index (χ2v) is 7.18. The average Bonchev–Trinajstić information content (AvgIpc) is 2.38. The van der Waals surface area contributed by atoms with Gasteiger partial charge in [-0.1, -0.05) is 41.2 Å². The molecule has 1 unspecified atom stereocenters. The quantitative estimate of drug-likeness (QED) is 0.710. The van der Waals surface area contributed by atoms with E-state index in [1.807, 2.05) is 13.2 Å². The molecule has 0 spiro atoms. The lowest BCUT2D eigenvalue weighted by atomic mass is 10.1. The van der Waals surface area contributed by atoms with Crippen molar-refractivity contribution in [2.24, 2.45) is 11.8 Å². The molecule has 126 valence electrons. The van der Waals surface area contributed by atoms with Gasteiger partial charge in [-0.25, -0.2) is 0 Å². The van der Waals surface area contributed by atoms with E-state index >= 15 is 0 Å². The molecule has 0 bridgehead atoms. The lowest BCUT2D eigenvalue weighted by Crippen LogP contribution is -2.46. The first kappa shape index (κ1) is 20.5. The Morgan fingerprint density at radius 2 is 1.90 bits per heavy atom. The van der Waals surface area contributed by atoms with E-state index in [4.69, 9.17) is 4.74 Å². The predicted octanol–water partition coefficient (Wildman–Crippen LogP) is 3.86. The number of hydrogen-bond donors (Lipinski definition) is 0. The van der Waals surface area contributed by atoms with Crippen molar-refractivity contribution in [2.75, 3.05) is 39.8 Å². The van der Waals surface area contributed by atoms with E-state index in [0.29, 0.717) is 6.10 Å². The lowest BCUT2D eigenvalue weighted by Gasteiger charge is -2.34. The fraction of sp³-hybridized carbons (Fsp3) is 0.889. The summed E-state index contributed by atoms with van der Waals surface area (Å²) in [6, 6.07) is 0. The molecule has 3 heteroatoms. The van der Waals surface area contributed by atoms with Gasteiger partial charge in [-0.3, -0.25) is 4.90 Å². The van der Waals surface area contributed by atoms with Gasteiger partial charge in [-0.15, -0.1) is 0 Å². The van der Waals surface area contributed by atoms with Gasteiger partial charge in [-0.2, -0.15) is 0 Å². The molecule has 0 radical (unpaired) electrons. The number of ether oxygens (including phenoxy) is 1. The summed E-state index contributed by atoms with van der Waals surface area (Å²) in [5.41, 5.74) is 0. The Labute approximate surface area is 133 Å². The maximum Gasteiger partial charge on any atom is 0.0876 e. The molecule has 0 aromatic heterocycles. The Hall–Kier alpha value is -0.540. The van der Waals surface area contributed by atoms with Crippen molar-refractivity contribution >= 4 is 0 Å². The van der Waals surface area contributed by atoms with Crippen LogP contribution in [0.25, 0.3) is 0 Å². The third kappa shape index (κ3) is 12.9. The molecule has 0 amide bonds. The fourth-order valence-corrected chi connectivity index (χ4v) is 2.21. The van der Waals surface area contributed by atoms with Crippen molar-refractivity contribution in [1.82, 2.24) is 9.80 Å². The molecule has 1 atom stereocenters. The number of hydrogen-bond acceptors (Lipinski definition) is 3. The van der Waals surface area contributed by atoms with Gasteiger partial charge in [0.25, 0.3) is 0 Å². The zero-order valence-corrected chi connectivity index (χ0v) is 15.3. The van der Waals surface area contributed by atoms with Crippen molar-refractivity contribution in [3.63, 3.8) is 0 Å². The molecule has 0 aliphatic carbocycles. The van der Waals surface area contributed by atoms with E-state index in [1.54, 1.807) is 0 Å². The Morgan fingerprint density at radius 1 is 1.29 bits per heavy atom. The van der Waals surface area contributed by atoms with E-state index < -0.39 is 0 Å². The van der Waals surface area contributed by atoms with Crippen LogP contribution in [0.5, 0.6) is 0 Å². The van der Waals surface area contributed by atoms with Crippen LogP contribution in [0.2, 0.25) is 0 Å².